The zero-order valence-electron chi connectivity index (χ0n) is 13.4. The molecule has 2 aromatic heterocycles. The first kappa shape index (κ1) is 15.2. The molecule has 2 heterocycles. The van der Waals surface area contributed by atoms with Gasteiger partial charge in [0.1, 0.15) is 5.69 Å². The summed E-state index contributed by atoms with van der Waals surface area (Å²) in [6.07, 6.45) is 2.97. The van der Waals surface area contributed by atoms with E-state index < -0.39 is 0 Å². The molecule has 0 aliphatic heterocycles. The summed E-state index contributed by atoms with van der Waals surface area (Å²) in [5.74, 6) is -0.131. The predicted molar refractivity (Wildman–Crippen MR) is 95.4 cm³/mol. The molecule has 1 amide bonds. The molecule has 1 unspecified atom stereocenters. The molecular weight excluding hydrogens is 322 g/mol. The second-order valence-corrected chi connectivity index (χ2v) is 6.73. The second kappa shape index (κ2) is 5.95. The summed E-state index contributed by atoms with van der Waals surface area (Å²) in [4.78, 5) is 20.3. The summed E-state index contributed by atoms with van der Waals surface area (Å²) in [7, 11) is 0. The van der Waals surface area contributed by atoms with Crippen molar-refractivity contribution >= 4 is 28.4 Å². The molecule has 1 aromatic carbocycles. The number of hydrogen-bond donors (Lipinski definition) is 2. The van der Waals surface area contributed by atoms with E-state index in [4.69, 9.17) is 11.6 Å². The molecule has 0 bridgehead atoms. The lowest BCUT2D eigenvalue weighted by atomic mass is 9.91. The van der Waals surface area contributed by atoms with E-state index in [-0.39, 0.29) is 11.9 Å². The van der Waals surface area contributed by atoms with Crippen LogP contribution in [0.5, 0.6) is 0 Å². The highest BCUT2D eigenvalue weighted by Crippen LogP contribution is 2.35. The van der Waals surface area contributed by atoms with Crippen LogP contribution in [0.3, 0.4) is 0 Å². The number of hydrogen-bond acceptors (Lipinski definition) is 2. The Labute approximate surface area is 145 Å². The van der Waals surface area contributed by atoms with Crippen LogP contribution in [0.2, 0.25) is 5.02 Å². The van der Waals surface area contributed by atoms with Gasteiger partial charge >= 0.3 is 0 Å². The lowest BCUT2D eigenvalue weighted by Crippen LogP contribution is -2.31. The van der Waals surface area contributed by atoms with Gasteiger partial charge in [-0.15, -0.1) is 0 Å². The molecule has 2 N–H and O–H groups in total. The highest BCUT2D eigenvalue weighted by molar-refractivity contribution is 6.31. The quantitative estimate of drug-likeness (QED) is 0.730. The summed E-state index contributed by atoms with van der Waals surface area (Å²) >= 11 is 6.14. The second-order valence-electron chi connectivity index (χ2n) is 6.29. The van der Waals surface area contributed by atoms with Gasteiger partial charge in [0.25, 0.3) is 5.91 Å². The van der Waals surface area contributed by atoms with Crippen LogP contribution in [0.15, 0.2) is 36.4 Å². The molecule has 4 nitrogen and oxygen atoms in total. The third-order valence-electron chi connectivity index (χ3n) is 4.60. The molecule has 1 aliphatic carbocycles. The molecule has 0 fully saturated rings. The van der Waals surface area contributed by atoms with Crippen molar-refractivity contribution in [2.45, 2.75) is 32.2 Å². The van der Waals surface area contributed by atoms with Gasteiger partial charge in [0.05, 0.1) is 6.04 Å². The first-order valence-electron chi connectivity index (χ1n) is 8.16. The van der Waals surface area contributed by atoms with E-state index in [0.717, 1.165) is 46.6 Å². The molecule has 3 aromatic rings. The van der Waals surface area contributed by atoms with Gasteiger partial charge in [0, 0.05) is 27.3 Å². The van der Waals surface area contributed by atoms with E-state index >= 15 is 0 Å². The van der Waals surface area contributed by atoms with Crippen LogP contribution < -0.4 is 5.32 Å². The molecule has 4 rings (SSSR count). The number of halogens is 1. The largest absolute Gasteiger partial charge is 0.356 e. The summed E-state index contributed by atoms with van der Waals surface area (Å²) in [6, 6.07) is 11.4. The number of rotatable bonds is 2. The fraction of sp³-hybridized carbons (Fsp3) is 0.263. The maximum atomic E-state index is 12.5. The van der Waals surface area contributed by atoms with Gasteiger partial charge < -0.3 is 10.3 Å². The summed E-state index contributed by atoms with van der Waals surface area (Å²) in [5.41, 5.74) is 4.73. The van der Waals surface area contributed by atoms with E-state index in [1.807, 2.05) is 37.3 Å². The number of amides is 1. The maximum absolute atomic E-state index is 12.5. The topological polar surface area (TPSA) is 57.8 Å². The molecule has 24 heavy (non-hydrogen) atoms. The van der Waals surface area contributed by atoms with Crippen LogP contribution >= 0.6 is 11.6 Å². The third-order valence-corrected chi connectivity index (χ3v) is 4.83. The molecule has 5 heteroatoms. The number of aromatic amines is 1. The lowest BCUT2D eigenvalue weighted by Gasteiger charge is -2.23. The van der Waals surface area contributed by atoms with E-state index in [1.165, 1.54) is 5.56 Å². The number of fused-ring (bicyclic) bond motifs is 3. The fourth-order valence-corrected chi connectivity index (χ4v) is 3.65. The Balaban J connectivity index is 1.67. The summed E-state index contributed by atoms with van der Waals surface area (Å²) in [6.45, 7) is 1.89. The van der Waals surface area contributed by atoms with Crippen LogP contribution in [0, 0.1) is 6.92 Å². The summed E-state index contributed by atoms with van der Waals surface area (Å²) in [5, 5.41) is 5.02. The van der Waals surface area contributed by atoms with Gasteiger partial charge in [-0.25, -0.2) is 4.98 Å². The van der Waals surface area contributed by atoms with Crippen LogP contribution in [0.1, 0.15) is 46.3 Å². The lowest BCUT2D eigenvalue weighted by molar-refractivity contribution is 0.0926. The zero-order chi connectivity index (χ0) is 16.7. The average molecular weight is 340 g/mol. The van der Waals surface area contributed by atoms with E-state index in [0.29, 0.717) is 5.69 Å². The number of pyridine rings is 1. The van der Waals surface area contributed by atoms with Crippen molar-refractivity contribution in [2.75, 3.05) is 0 Å². The molecule has 1 atom stereocenters. The van der Waals surface area contributed by atoms with Gasteiger partial charge in [-0.05, 0) is 62.1 Å². The van der Waals surface area contributed by atoms with Gasteiger partial charge in [-0.1, -0.05) is 17.7 Å². The minimum atomic E-state index is -0.131. The van der Waals surface area contributed by atoms with Crippen molar-refractivity contribution in [1.29, 1.82) is 0 Å². The highest BCUT2D eigenvalue weighted by Gasteiger charge is 2.26. The Hall–Kier alpha value is -2.33. The Kier molecular flexibility index (Phi) is 3.77. The van der Waals surface area contributed by atoms with Crippen molar-refractivity contribution in [2.24, 2.45) is 0 Å². The number of H-pyrrole nitrogens is 1. The van der Waals surface area contributed by atoms with Gasteiger partial charge in [0.15, 0.2) is 0 Å². The predicted octanol–water partition coefficient (Wildman–Crippen LogP) is 4.33. The number of carbonyl (C=O) groups excluding carboxylic acids is 1. The Morgan fingerprint density at radius 3 is 3.04 bits per heavy atom. The van der Waals surface area contributed by atoms with Crippen molar-refractivity contribution in [3.8, 4) is 0 Å². The number of aryl methyl sites for hydroxylation is 2. The van der Waals surface area contributed by atoms with Crippen molar-refractivity contribution < 1.29 is 4.79 Å². The molecule has 1 aliphatic rings. The Morgan fingerprint density at radius 1 is 1.33 bits per heavy atom. The highest BCUT2D eigenvalue weighted by atomic mass is 35.5. The maximum Gasteiger partial charge on any atom is 0.270 e. The smallest absolute Gasteiger partial charge is 0.270 e. The minimum Gasteiger partial charge on any atom is -0.356 e. The fourth-order valence-electron chi connectivity index (χ4n) is 3.48. The zero-order valence-corrected chi connectivity index (χ0v) is 14.2. The molecule has 0 saturated carbocycles. The third kappa shape index (κ3) is 2.67. The van der Waals surface area contributed by atoms with Crippen LogP contribution in [0.4, 0.5) is 0 Å². The first-order chi connectivity index (χ1) is 11.6. The van der Waals surface area contributed by atoms with Crippen molar-refractivity contribution in [3.05, 3.63) is 64.1 Å². The molecular formula is C19H18ClN3O. The SMILES string of the molecule is Cc1cccc(C(=O)NC2CCCc3c2[nH]c2ccc(Cl)cc32)n1. The number of benzene rings is 1. The monoisotopic (exact) mass is 339 g/mol. The normalized spacial score (nSPS) is 16.8. The van der Waals surface area contributed by atoms with Gasteiger partial charge in [-0.2, -0.15) is 0 Å². The Bertz CT molecular complexity index is 932. The number of nitrogens with zero attached hydrogens (tertiary/aromatic N) is 1. The molecule has 122 valence electrons. The standard InChI is InChI=1S/C19H18ClN3O/c1-11-4-2-7-17(21-11)19(24)23-16-6-3-5-13-14-10-12(20)8-9-15(14)22-18(13)16/h2,4,7-10,16,22H,3,5-6H2,1H3,(H,23,24). The molecule has 0 radical (unpaired) electrons. The van der Waals surface area contributed by atoms with Crippen molar-refractivity contribution in [1.82, 2.24) is 15.3 Å². The first-order valence-corrected chi connectivity index (χ1v) is 8.54. The van der Waals surface area contributed by atoms with E-state index in [2.05, 4.69) is 15.3 Å². The molecule has 0 spiro atoms. The van der Waals surface area contributed by atoms with Crippen LogP contribution in [-0.2, 0) is 6.42 Å². The minimum absolute atomic E-state index is 0.0188. The number of carbonyl (C=O) groups is 1. The average Bonchev–Trinajstić information content (AvgIpc) is 2.94. The Morgan fingerprint density at radius 2 is 2.21 bits per heavy atom. The number of nitrogens with one attached hydrogen (secondary N) is 2. The van der Waals surface area contributed by atoms with Gasteiger partial charge in [-0.3, -0.25) is 4.79 Å². The summed E-state index contributed by atoms with van der Waals surface area (Å²) < 4.78 is 0. The number of aromatic nitrogens is 2. The molecule has 0 saturated heterocycles. The van der Waals surface area contributed by atoms with Crippen LogP contribution in [0.25, 0.3) is 10.9 Å². The van der Waals surface area contributed by atoms with Crippen LogP contribution in [-0.4, -0.2) is 15.9 Å². The van der Waals surface area contributed by atoms with E-state index in [9.17, 15) is 4.79 Å². The van der Waals surface area contributed by atoms with E-state index in [1.54, 1.807) is 6.07 Å². The van der Waals surface area contributed by atoms with Crippen molar-refractivity contribution in [3.63, 3.8) is 0 Å². The van der Waals surface area contributed by atoms with Gasteiger partial charge in [0.2, 0.25) is 0 Å².